The van der Waals surface area contributed by atoms with Gasteiger partial charge in [-0.15, -0.1) is 0 Å². The molecule has 1 amide bonds. The largest absolute Gasteiger partial charge is 0.451 e. The fourth-order valence-corrected chi connectivity index (χ4v) is 2.58. The third-order valence-electron chi connectivity index (χ3n) is 3.67. The molecule has 24 heavy (non-hydrogen) atoms. The summed E-state index contributed by atoms with van der Waals surface area (Å²) in [6.07, 6.45) is 5.02. The maximum Gasteiger partial charge on any atom is 0.284 e. The molecule has 7 nitrogen and oxygen atoms in total. The van der Waals surface area contributed by atoms with E-state index in [-0.39, 0.29) is 18.3 Å². The predicted octanol–water partition coefficient (Wildman–Crippen LogP) is 2.62. The highest BCUT2D eigenvalue weighted by Crippen LogP contribution is 2.38. The van der Waals surface area contributed by atoms with Crippen molar-refractivity contribution in [2.24, 2.45) is 0 Å². The first-order valence-corrected chi connectivity index (χ1v) is 7.35. The first-order chi connectivity index (χ1) is 11.8. The van der Waals surface area contributed by atoms with Crippen molar-refractivity contribution in [2.75, 3.05) is 18.7 Å². The molecule has 0 spiro atoms. The van der Waals surface area contributed by atoms with Crippen LogP contribution in [0.2, 0.25) is 0 Å². The normalized spacial score (nSPS) is 13.0. The Balaban J connectivity index is 1.84. The van der Waals surface area contributed by atoms with Gasteiger partial charge in [0.2, 0.25) is 0 Å². The van der Waals surface area contributed by atoms with Gasteiger partial charge in [-0.25, -0.2) is 4.68 Å². The second kappa shape index (κ2) is 5.78. The Hall–Kier alpha value is -3.19. The molecule has 0 saturated heterocycles. The minimum Gasteiger partial charge on any atom is -0.451 e. The van der Waals surface area contributed by atoms with Gasteiger partial charge in [-0.1, -0.05) is 12.1 Å². The van der Waals surface area contributed by atoms with Crippen LogP contribution in [0.5, 0.6) is 11.5 Å². The van der Waals surface area contributed by atoms with Crippen LogP contribution < -0.4 is 9.64 Å². The number of ether oxygens (including phenoxy) is 2. The number of para-hydroxylation sites is 2. The average Bonchev–Trinajstić information content (AvgIpc) is 3.00. The van der Waals surface area contributed by atoms with E-state index in [1.54, 1.807) is 29.3 Å². The lowest BCUT2D eigenvalue weighted by Gasteiger charge is -2.20. The van der Waals surface area contributed by atoms with E-state index in [4.69, 9.17) is 9.47 Å². The van der Waals surface area contributed by atoms with Crippen LogP contribution in [0.25, 0.3) is 5.69 Å². The Labute approximate surface area is 138 Å². The number of benzene rings is 1. The number of aromatic nitrogens is 3. The molecule has 0 bridgehead atoms. The zero-order chi connectivity index (χ0) is 16.5. The van der Waals surface area contributed by atoms with E-state index in [1.807, 2.05) is 30.3 Å². The van der Waals surface area contributed by atoms with Gasteiger partial charge in [-0.2, -0.15) is 5.10 Å². The number of carbonyl (C=O) groups is 1. The molecule has 1 aliphatic heterocycles. The van der Waals surface area contributed by atoms with Crippen molar-refractivity contribution in [1.29, 1.82) is 0 Å². The maximum atomic E-state index is 12.9. The molecule has 0 unspecified atom stereocenters. The van der Waals surface area contributed by atoms with Crippen LogP contribution >= 0.6 is 0 Å². The number of rotatable bonds is 3. The molecule has 1 aliphatic rings. The number of nitrogens with zero attached hydrogens (tertiary/aromatic N) is 4. The molecular formula is C17H14N4O3. The highest BCUT2D eigenvalue weighted by atomic mass is 16.5. The highest BCUT2D eigenvalue weighted by molar-refractivity contribution is 6.08. The molecule has 1 aromatic carbocycles. The van der Waals surface area contributed by atoms with Gasteiger partial charge in [0, 0.05) is 13.3 Å². The first kappa shape index (κ1) is 14.4. The number of carbonyl (C=O) groups excluding carboxylic acids is 1. The summed E-state index contributed by atoms with van der Waals surface area (Å²) in [6.45, 7) is 0.110. The van der Waals surface area contributed by atoms with Crippen LogP contribution in [0.4, 0.5) is 5.69 Å². The second-order valence-corrected chi connectivity index (χ2v) is 5.22. The monoisotopic (exact) mass is 322 g/mol. The van der Waals surface area contributed by atoms with Crippen molar-refractivity contribution in [1.82, 2.24) is 14.8 Å². The van der Waals surface area contributed by atoms with Crippen molar-refractivity contribution in [3.05, 3.63) is 60.7 Å². The van der Waals surface area contributed by atoms with Gasteiger partial charge in [0.25, 0.3) is 5.91 Å². The van der Waals surface area contributed by atoms with Crippen LogP contribution in [0.1, 0.15) is 10.5 Å². The van der Waals surface area contributed by atoms with Gasteiger partial charge >= 0.3 is 0 Å². The lowest BCUT2D eigenvalue weighted by molar-refractivity contribution is 0.0932. The van der Waals surface area contributed by atoms with Gasteiger partial charge < -0.3 is 9.47 Å². The molecule has 7 heteroatoms. The van der Waals surface area contributed by atoms with Gasteiger partial charge in [0.05, 0.1) is 23.8 Å². The van der Waals surface area contributed by atoms with E-state index in [1.165, 1.54) is 12.0 Å². The third kappa shape index (κ3) is 2.31. The Morgan fingerprint density at radius 2 is 2.04 bits per heavy atom. The van der Waals surface area contributed by atoms with Crippen molar-refractivity contribution in [3.8, 4) is 17.2 Å². The zero-order valence-electron chi connectivity index (χ0n) is 12.9. The summed E-state index contributed by atoms with van der Waals surface area (Å²) in [6, 6.07) is 11.0. The number of methoxy groups -OCH3 is 1. The first-order valence-electron chi connectivity index (χ1n) is 7.35. The van der Waals surface area contributed by atoms with Crippen molar-refractivity contribution in [3.63, 3.8) is 0 Å². The van der Waals surface area contributed by atoms with E-state index in [0.29, 0.717) is 17.2 Å². The smallest absolute Gasteiger partial charge is 0.284 e. The van der Waals surface area contributed by atoms with Crippen LogP contribution in [-0.2, 0) is 4.74 Å². The predicted molar refractivity (Wildman–Crippen MR) is 86.6 cm³/mol. The minimum atomic E-state index is -0.278. The second-order valence-electron chi connectivity index (χ2n) is 5.22. The summed E-state index contributed by atoms with van der Waals surface area (Å²) >= 11 is 0. The van der Waals surface area contributed by atoms with Crippen LogP contribution in [-0.4, -0.2) is 34.5 Å². The molecule has 120 valence electrons. The topological polar surface area (TPSA) is 69.5 Å². The highest BCUT2D eigenvalue weighted by Gasteiger charge is 2.31. The minimum absolute atomic E-state index is 0.110. The standard InChI is InChI=1S/C17H14N4O3/c1-23-11-20-13-6-2-3-7-14(13)24-15-10-21(19-16(15)17(20)22)12-5-4-8-18-9-12/h2-10H,11H2,1H3. The summed E-state index contributed by atoms with van der Waals surface area (Å²) < 4.78 is 12.7. The van der Waals surface area contributed by atoms with E-state index >= 15 is 0 Å². The van der Waals surface area contributed by atoms with Gasteiger partial charge in [0.15, 0.2) is 17.2 Å². The number of amides is 1. The summed E-state index contributed by atoms with van der Waals surface area (Å²) in [5.74, 6) is 0.696. The Morgan fingerprint density at radius 3 is 2.83 bits per heavy atom. The number of pyridine rings is 1. The van der Waals surface area contributed by atoms with Gasteiger partial charge in [0.1, 0.15) is 6.73 Å². The van der Waals surface area contributed by atoms with Crippen LogP contribution in [0.3, 0.4) is 0 Å². The van der Waals surface area contributed by atoms with Crippen LogP contribution in [0.15, 0.2) is 55.0 Å². The Kier molecular flexibility index (Phi) is 3.47. The van der Waals surface area contributed by atoms with Crippen molar-refractivity contribution in [2.45, 2.75) is 0 Å². The fraction of sp³-hybridized carbons (Fsp3) is 0.118. The molecule has 3 aromatic rings. The maximum absolute atomic E-state index is 12.9. The van der Waals surface area contributed by atoms with E-state index in [9.17, 15) is 4.79 Å². The molecular weight excluding hydrogens is 308 g/mol. The van der Waals surface area contributed by atoms with E-state index in [2.05, 4.69) is 10.1 Å². The van der Waals surface area contributed by atoms with Crippen LogP contribution in [0, 0.1) is 0 Å². The molecule has 0 atom stereocenters. The number of hydrogen-bond acceptors (Lipinski definition) is 5. The number of fused-ring (bicyclic) bond motifs is 2. The molecule has 4 rings (SSSR count). The van der Waals surface area contributed by atoms with E-state index < -0.39 is 0 Å². The molecule has 0 aliphatic carbocycles. The summed E-state index contributed by atoms with van der Waals surface area (Å²) in [7, 11) is 1.54. The fourth-order valence-electron chi connectivity index (χ4n) is 2.58. The zero-order valence-corrected chi connectivity index (χ0v) is 12.9. The van der Waals surface area contributed by atoms with Gasteiger partial charge in [-0.3, -0.25) is 14.7 Å². The third-order valence-corrected chi connectivity index (χ3v) is 3.67. The molecule has 0 N–H and O–H groups in total. The lowest BCUT2D eigenvalue weighted by atomic mass is 10.2. The molecule has 0 fully saturated rings. The Morgan fingerprint density at radius 1 is 1.17 bits per heavy atom. The number of anilines is 1. The van der Waals surface area contributed by atoms with Crippen molar-refractivity contribution < 1.29 is 14.3 Å². The number of hydrogen-bond donors (Lipinski definition) is 0. The Bertz CT molecular complexity index is 892. The summed E-state index contributed by atoms with van der Waals surface area (Å²) in [4.78, 5) is 18.5. The summed E-state index contributed by atoms with van der Waals surface area (Å²) in [5, 5.41) is 4.38. The van der Waals surface area contributed by atoms with Crippen molar-refractivity contribution >= 4 is 11.6 Å². The molecule has 0 radical (unpaired) electrons. The summed E-state index contributed by atoms with van der Waals surface area (Å²) in [5.41, 5.74) is 1.62. The SMILES string of the molecule is COCN1C(=O)c2nn(-c3cccnc3)cc2Oc2ccccc21. The molecule has 3 heterocycles. The van der Waals surface area contributed by atoms with E-state index in [0.717, 1.165) is 5.69 Å². The molecule has 2 aromatic heterocycles. The average molecular weight is 322 g/mol. The van der Waals surface area contributed by atoms with Gasteiger partial charge in [-0.05, 0) is 24.3 Å². The quantitative estimate of drug-likeness (QED) is 0.741. The lowest BCUT2D eigenvalue weighted by Crippen LogP contribution is -2.32. The molecule has 0 saturated carbocycles.